The molecule has 4 aromatic rings. The molecule has 3 saturated heterocycles. The molecule has 0 radical (unpaired) electrons. The molecule has 2 aromatic carbocycles. The Bertz CT molecular complexity index is 2080. The van der Waals surface area contributed by atoms with E-state index in [9.17, 15) is 26.7 Å². The van der Waals surface area contributed by atoms with Gasteiger partial charge in [0.25, 0.3) is 0 Å². The maximum Gasteiger partial charge on any atom is 0.417 e. The molecule has 50 heavy (non-hydrogen) atoms. The number of thiophene rings is 1. The van der Waals surface area contributed by atoms with Crippen molar-refractivity contribution >= 4 is 54.7 Å². The first-order chi connectivity index (χ1) is 23.7. The van der Waals surface area contributed by atoms with Gasteiger partial charge in [-0.05, 0) is 54.8 Å². The molecule has 3 fully saturated rings. The number of benzene rings is 2. The zero-order chi connectivity index (χ0) is 35.7. The number of fused-ring (bicyclic) bond motifs is 3. The lowest BCUT2D eigenvalue weighted by Crippen LogP contribution is -2.43. The van der Waals surface area contributed by atoms with Gasteiger partial charge >= 0.3 is 12.2 Å². The summed E-state index contributed by atoms with van der Waals surface area (Å²) < 4.78 is 95.8. The Morgan fingerprint density at radius 1 is 1.24 bits per heavy atom. The first-order valence-electron chi connectivity index (χ1n) is 15.9. The molecule has 9 nitrogen and oxygen atoms in total. The summed E-state index contributed by atoms with van der Waals surface area (Å²) in [7, 11) is 1.47. The lowest BCUT2D eigenvalue weighted by atomic mass is 9.94. The monoisotopic (exact) mass is 715 g/mol. The van der Waals surface area contributed by atoms with E-state index in [0.29, 0.717) is 13.0 Å². The fourth-order valence-electron chi connectivity index (χ4n) is 7.66. The average molecular weight is 716 g/mol. The summed E-state index contributed by atoms with van der Waals surface area (Å²) in [4.78, 5) is 29.4. The van der Waals surface area contributed by atoms with Crippen LogP contribution in [-0.4, -0.2) is 89.4 Å². The number of ether oxygens (including phenoxy) is 1. The molecular weight excluding hydrogens is 684 g/mol. The van der Waals surface area contributed by atoms with Crippen molar-refractivity contribution in [1.29, 1.82) is 0 Å². The second kappa shape index (κ2) is 12.3. The van der Waals surface area contributed by atoms with Crippen molar-refractivity contribution in [3.05, 3.63) is 59.7 Å². The number of hydrogen-bond acceptors (Lipinski definition) is 8. The number of nitrogens with zero attached hydrogens (tertiary/aromatic N) is 6. The SMILES string of the molecule is [C-]#[N+]c1c(N)sc2c(F)ccc(-c3cc4nc(OC[C@@]56CCCN5C[C@H](F)C6)nc(N(C)[C@H]5CN(C(=O)C=C)C[C@H]5F)c4cc3C(F)(F)F)c12. The predicted octanol–water partition coefficient (Wildman–Crippen LogP) is 6.93. The Morgan fingerprint density at radius 3 is 2.74 bits per heavy atom. The Labute approximate surface area is 286 Å². The third-order valence-corrected chi connectivity index (χ3v) is 11.1. The highest BCUT2D eigenvalue weighted by atomic mass is 32.1. The largest absolute Gasteiger partial charge is 0.461 e. The molecule has 0 aliphatic carbocycles. The number of nitrogens with two attached hydrogens (primary N) is 1. The fraction of sp³-hybridized carbons (Fsp3) is 0.412. The highest BCUT2D eigenvalue weighted by molar-refractivity contribution is 7.23. The van der Waals surface area contributed by atoms with Gasteiger partial charge in [0.05, 0.1) is 45.5 Å². The zero-order valence-electron chi connectivity index (χ0n) is 26.7. The molecule has 3 aliphatic rings. The molecule has 2 aromatic heterocycles. The Morgan fingerprint density at radius 2 is 2.02 bits per heavy atom. The van der Waals surface area contributed by atoms with E-state index >= 15 is 4.39 Å². The molecule has 7 rings (SSSR count). The average Bonchev–Trinajstić information content (AvgIpc) is 3.82. The Kier molecular flexibility index (Phi) is 8.33. The van der Waals surface area contributed by atoms with Crippen LogP contribution in [0.2, 0.25) is 0 Å². The molecule has 2 N–H and O–H groups in total. The minimum Gasteiger partial charge on any atom is -0.461 e. The maximum atomic E-state index is 15.5. The van der Waals surface area contributed by atoms with Crippen LogP contribution in [0.4, 0.5) is 42.8 Å². The first kappa shape index (κ1) is 33.9. The van der Waals surface area contributed by atoms with E-state index in [1.807, 2.05) is 4.90 Å². The minimum absolute atomic E-state index is 0.00659. The van der Waals surface area contributed by atoms with Crippen molar-refractivity contribution in [1.82, 2.24) is 19.8 Å². The predicted molar refractivity (Wildman–Crippen MR) is 178 cm³/mol. The van der Waals surface area contributed by atoms with Crippen LogP contribution in [0.25, 0.3) is 37.0 Å². The summed E-state index contributed by atoms with van der Waals surface area (Å²) >= 11 is 0.763. The van der Waals surface area contributed by atoms with Gasteiger partial charge in [0.1, 0.15) is 30.6 Å². The number of anilines is 2. The lowest BCUT2D eigenvalue weighted by Gasteiger charge is -2.31. The van der Waals surface area contributed by atoms with Crippen molar-refractivity contribution in [3.8, 4) is 17.1 Å². The molecule has 5 heterocycles. The second-order valence-electron chi connectivity index (χ2n) is 13.0. The van der Waals surface area contributed by atoms with E-state index < -0.39 is 47.4 Å². The number of likely N-dealkylation sites (N-methyl/N-ethyl adjacent to an activating group) is 1. The van der Waals surface area contributed by atoms with Gasteiger partial charge in [-0.3, -0.25) is 9.69 Å². The molecule has 0 unspecified atom stereocenters. The molecule has 4 atom stereocenters. The Hall–Kier alpha value is -4.62. The molecular formula is C34H31F6N7O2S. The molecule has 0 bridgehead atoms. The van der Waals surface area contributed by atoms with Gasteiger partial charge in [-0.1, -0.05) is 12.6 Å². The number of carbonyl (C=O) groups is 1. The van der Waals surface area contributed by atoms with Crippen molar-refractivity contribution in [3.63, 3.8) is 0 Å². The van der Waals surface area contributed by atoms with Crippen LogP contribution >= 0.6 is 11.3 Å². The quantitative estimate of drug-likeness (QED) is 0.126. The summed E-state index contributed by atoms with van der Waals surface area (Å²) in [5, 5.41) is -0.187. The number of likely N-dealkylation sites (tertiary alicyclic amines) is 1. The van der Waals surface area contributed by atoms with Gasteiger partial charge in [-0.2, -0.15) is 23.1 Å². The van der Waals surface area contributed by atoms with Gasteiger partial charge in [0.15, 0.2) is 0 Å². The van der Waals surface area contributed by atoms with Crippen LogP contribution in [-0.2, 0) is 11.0 Å². The van der Waals surface area contributed by atoms with Crippen LogP contribution in [0.5, 0.6) is 6.01 Å². The summed E-state index contributed by atoms with van der Waals surface area (Å²) in [5.74, 6) is -1.31. The summed E-state index contributed by atoms with van der Waals surface area (Å²) in [6.07, 6.45) is -4.73. The number of carbonyl (C=O) groups excluding carboxylic acids is 1. The van der Waals surface area contributed by atoms with Gasteiger partial charge in [0.2, 0.25) is 11.6 Å². The van der Waals surface area contributed by atoms with E-state index in [1.165, 1.54) is 29.0 Å². The molecule has 0 saturated carbocycles. The number of aromatic nitrogens is 2. The topological polar surface area (TPSA) is 92.2 Å². The van der Waals surface area contributed by atoms with Crippen molar-refractivity contribution in [2.24, 2.45) is 0 Å². The van der Waals surface area contributed by atoms with Gasteiger partial charge in [0, 0.05) is 37.3 Å². The van der Waals surface area contributed by atoms with Gasteiger partial charge in [-0.15, -0.1) is 11.3 Å². The number of halogens is 6. The van der Waals surface area contributed by atoms with Crippen molar-refractivity contribution < 1.29 is 35.9 Å². The van der Waals surface area contributed by atoms with E-state index in [0.717, 1.165) is 36.0 Å². The van der Waals surface area contributed by atoms with E-state index in [1.54, 1.807) is 0 Å². The highest BCUT2D eigenvalue weighted by Gasteiger charge is 2.49. The summed E-state index contributed by atoms with van der Waals surface area (Å²) in [6.45, 7) is 11.7. The van der Waals surface area contributed by atoms with Crippen molar-refractivity contribution in [2.75, 3.05) is 50.5 Å². The molecule has 1 amide bonds. The fourth-order valence-corrected chi connectivity index (χ4v) is 8.60. The number of amides is 1. The number of nitrogen functional groups attached to an aromatic ring is 1. The Balaban J connectivity index is 1.41. The molecule has 16 heteroatoms. The number of alkyl halides is 5. The molecule has 262 valence electrons. The van der Waals surface area contributed by atoms with Gasteiger partial charge in [-0.25, -0.2) is 18.0 Å². The summed E-state index contributed by atoms with van der Waals surface area (Å²) in [6, 6.07) is 2.99. The smallest absolute Gasteiger partial charge is 0.417 e. The van der Waals surface area contributed by atoms with Crippen LogP contribution in [0.3, 0.4) is 0 Å². The molecule has 3 aliphatic heterocycles. The zero-order valence-corrected chi connectivity index (χ0v) is 27.6. The number of hydrogen-bond donors (Lipinski definition) is 1. The van der Waals surface area contributed by atoms with Crippen LogP contribution in [0, 0.1) is 12.4 Å². The summed E-state index contributed by atoms with van der Waals surface area (Å²) in [5.41, 5.74) is 3.63. The lowest BCUT2D eigenvalue weighted by molar-refractivity contribution is -0.137. The number of rotatable bonds is 7. The van der Waals surface area contributed by atoms with Gasteiger partial charge < -0.3 is 20.3 Å². The standard InChI is InChI=1S/C34H31F6N7O2S/c1-4-26(48)46-14-23(37)25(15-46)45(3)31-20-10-21(34(38,39)40)19(18-6-7-22(36)29-27(18)28(42-2)30(41)50-29)11-24(20)43-32(44-31)49-16-33-8-5-9-47(33)13-17(35)12-33/h4,6-7,10-11,17,23,25H,1,5,8-9,12-16,41H2,3H3/t17-,23-,25+,33+/m1/s1. The maximum absolute atomic E-state index is 15.5. The van der Waals surface area contributed by atoms with E-state index in [4.69, 9.17) is 17.0 Å². The first-order valence-corrected chi connectivity index (χ1v) is 16.7. The third-order valence-electron chi connectivity index (χ3n) is 10.1. The van der Waals surface area contributed by atoms with E-state index in [2.05, 4.69) is 21.4 Å². The highest BCUT2D eigenvalue weighted by Crippen LogP contribution is 2.50. The second-order valence-corrected chi connectivity index (χ2v) is 14.0. The minimum atomic E-state index is -4.95. The molecule has 0 spiro atoms. The van der Waals surface area contributed by atoms with E-state index in [-0.39, 0.29) is 87.3 Å². The van der Waals surface area contributed by atoms with Crippen LogP contribution in [0.15, 0.2) is 36.9 Å². The third kappa shape index (κ3) is 5.56. The van der Waals surface area contributed by atoms with Crippen LogP contribution < -0.4 is 15.4 Å². The normalized spacial score (nSPS) is 23.8. The van der Waals surface area contributed by atoms with Crippen molar-refractivity contribution in [2.45, 2.75) is 49.4 Å². The van der Waals surface area contributed by atoms with Crippen LogP contribution in [0.1, 0.15) is 24.8 Å².